The third-order valence-electron chi connectivity index (χ3n) is 4.93. The summed E-state index contributed by atoms with van der Waals surface area (Å²) in [4.78, 5) is 14.3. The number of carbonyl (C=O) groups is 1. The Morgan fingerprint density at radius 1 is 1.32 bits per heavy atom. The van der Waals surface area contributed by atoms with Crippen molar-refractivity contribution in [2.45, 2.75) is 31.8 Å². The molecule has 0 aliphatic carbocycles. The molecule has 1 amide bonds. The van der Waals surface area contributed by atoms with Crippen molar-refractivity contribution in [2.75, 3.05) is 13.1 Å². The zero-order valence-corrected chi connectivity index (χ0v) is 15.2. The van der Waals surface area contributed by atoms with Gasteiger partial charge < -0.3 is 10.0 Å². The number of likely N-dealkylation sites (tertiary alicyclic amines) is 1. The van der Waals surface area contributed by atoms with E-state index in [2.05, 4.69) is 17.2 Å². The van der Waals surface area contributed by atoms with E-state index in [1.165, 1.54) is 5.56 Å². The first-order valence-electron chi connectivity index (χ1n) is 8.75. The molecule has 0 bridgehead atoms. The van der Waals surface area contributed by atoms with Gasteiger partial charge in [0, 0.05) is 26.3 Å². The number of hydrogen-bond donors (Lipinski definition) is 1. The van der Waals surface area contributed by atoms with E-state index in [-0.39, 0.29) is 17.9 Å². The van der Waals surface area contributed by atoms with Crippen LogP contribution in [0.2, 0.25) is 5.02 Å². The fourth-order valence-corrected chi connectivity index (χ4v) is 3.70. The predicted octanol–water partition coefficient (Wildman–Crippen LogP) is 2.92. The Balaban J connectivity index is 1.49. The van der Waals surface area contributed by atoms with Crippen LogP contribution in [0.25, 0.3) is 0 Å². The molecule has 3 rings (SSSR count). The molecule has 1 aliphatic heterocycles. The molecule has 1 fully saturated rings. The highest BCUT2D eigenvalue weighted by Crippen LogP contribution is 2.25. The quantitative estimate of drug-likeness (QED) is 0.890. The van der Waals surface area contributed by atoms with Gasteiger partial charge in [0.1, 0.15) is 0 Å². The Kier molecular flexibility index (Phi) is 5.76. The summed E-state index contributed by atoms with van der Waals surface area (Å²) in [6, 6.07) is 10.2. The van der Waals surface area contributed by atoms with Gasteiger partial charge >= 0.3 is 0 Å². The summed E-state index contributed by atoms with van der Waals surface area (Å²) in [5.74, 6) is 0.120. The number of amides is 1. The summed E-state index contributed by atoms with van der Waals surface area (Å²) in [6.45, 7) is 1.28. The van der Waals surface area contributed by atoms with E-state index in [9.17, 15) is 9.90 Å². The van der Waals surface area contributed by atoms with Gasteiger partial charge in [0.2, 0.25) is 0 Å². The van der Waals surface area contributed by atoms with Crippen molar-refractivity contribution in [3.05, 3.63) is 52.8 Å². The maximum absolute atomic E-state index is 12.5. The maximum atomic E-state index is 12.5. The fraction of sp³-hybridized carbons (Fsp3) is 0.474. The molecule has 0 unspecified atom stereocenters. The monoisotopic (exact) mass is 361 g/mol. The van der Waals surface area contributed by atoms with Gasteiger partial charge in [-0.25, -0.2) is 0 Å². The molecule has 1 aliphatic rings. The number of benzene rings is 1. The summed E-state index contributed by atoms with van der Waals surface area (Å²) in [5.41, 5.74) is 1.56. The summed E-state index contributed by atoms with van der Waals surface area (Å²) >= 11 is 6.07. The first kappa shape index (κ1) is 18.0. The Bertz CT molecular complexity index is 709. The van der Waals surface area contributed by atoms with E-state index in [0.29, 0.717) is 23.8 Å². The van der Waals surface area contributed by atoms with Crippen molar-refractivity contribution in [2.24, 2.45) is 13.0 Å². The number of carbonyl (C=O) groups excluding carboxylic acids is 1. The molecule has 5 nitrogen and oxygen atoms in total. The van der Waals surface area contributed by atoms with Gasteiger partial charge in [-0.3, -0.25) is 9.48 Å². The predicted molar refractivity (Wildman–Crippen MR) is 97.6 cm³/mol. The first-order valence-corrected chi connectivity index (χ1v) is 9.13. The highest BCUT2D eigenvalue weighted by Gasteiger charge is 2.29. The molecule has 2 heterocycles. The lowest BCUT2D eigenvalue weighted by molar-refractivity contribution is 0.0433. The van der Waals surface area contributed by atoms with Crippen LogP contribution in [0.4, 0.5) is 0 Å². The van der Waals surface area contributed by atoms with Gasteiger partial charge in [0.05, 0.1) is 11.1 Å². The molecule has 1 aromatic carbocycles. The fourth-order valence-electron chi connectivity index (χ4n) is 3.44. The molecule has 0 radical (unpaired) electrons. The zero-order valence-electron chi connectivity index (χ0n) is 14.4. The average Bonchev–Trinajstić information content (AvgIpc) is 2.98. The SMILES string of the molecule is Cn1cc(Cl)c(C(=O)N2CCC([C@@H](O)CCc3ccccc3)CC2)n1. The van der Waals surface area contributed by atoms with Crippen molar-refractivity contribution in [3.63, 3.8) is 0 Å². The van der Waals surface area contributed by atoms with Crippen molar-refractivity contribution in [3.8, 4) is 0 Å². The van der Waals surface area contributed by atoms with Crippen LogP contribution in [-0.2, 0) is 13.5 Å². The molecular weight excluding hydrogens is 338 g/mol. The third kappa shape index (κ3) is 4.41. The van der Waals surface area contributed by atoms with Crippen molar-refractivity contribution >= 4 is 17.5 Å². The summed E-state index contributed by atoms with van der Waals surface area (Å²) in [7, 11) is 1.75. The number of nitrogens with zero attached hydrogens (tertiary/aromatic N) is 3. The van der Waals surface area contributed by atoms with Gasteiger partial charge in [-0.2, -0.15) is 5.10 Å². The van der Waals surface area contributed by atoms with Crippen molar-refractivity contribution in [1.82, 2.24) is 14.7 Å². The molecular formula is C19H24ClN3O2. The largest absolute Gasteiger partial charge is 0.393 e. The summed E-state index contributed by atoms with van der Waals surface area (Å²) in [5, 5.41) is 15.0. The summed E-state index contributed by atoms with van der Waals surface area (Å²) < 4.78 is 1.55. The van der Waals surface area contributed by atoms with Gasteiger partial charge in [-0.05, 0) is 37.2 Å². The Morgan fingerprint density at radius 2 is 2.00 bits per heavy atom. The lowest BCUT2D eigenvalue weighted by atomic mass is 9.88. The second-order valence-electron chi connectivity index (χ2n) is 6.72. The van der Waals surface area contributed by atoms with E-state index >= 15 is 0 Å². The smallest absolute Gasteiger partial charge is 0.275 e. The molecule has 2 aromatic rings. The Hall–Kier alpha value is -1.85. The van der Waals surface area contributed by atoms with Crippen molar-refractivity contribution < 1.29 is 9.90 Å². The second kappa shape index (κ2) is 8.02. The van der Waals surface area contributed by atoms with Crippen LogP contribution in [0.1, 0.15) is 35.3 Å². The molecule has 0 spiro atoms. The number of hydrogen-bond acceptors (Lipinski definition) is 3. The highest BCUT2D eigenvalue weighted by atomic mass is 35.5. The molecule has 1 atom stereocenters. The minimum absolute atomic E-state index is 0.122. The average molecular weight is 362 g/mol. The normalized spacial score (nSPS) is 16.8. The van der Waals surface area contributed by atoms with E-state index in [1.54, 1.807) is 22.8 Å². The molecule has 25 heavy (non-hydrogen) atoms. The van der Waals surface area contributed by atoms with E-state index in [1.807, 2.05) is 18.2 Å². The molecule has 6 heteroatoms. The molecule has 0 saturated carbocycles. The lowest BCUT2D eigenvalue weighted by Gasteiger charge is -2.34. The van der Waals surface area contributed by atoms with Gasteiger partial charge in [0.25, 0.3) is 5.91 Å². The van der Waals surface area contributed by atoms with Crippen LogP contribution in [0.15, 0.2) is 36.5 Å². The standard InChI is InChI=1S/C19H24ClN3O2/c1-22-13-16(20)18(21-22)19(25)23-11-9-15(10-12-23)17(24)8-7-14-5-3-2-4-6-14/h2-6,13,15,17,24H,7-12H2,1H3/t17-/m0/s1. The van der Waals surface area contributed by atoms with E-state index < -0.39 is 0 Å². The van der Waals surface area contributed by atoms with Crippen LogP contribution in [-0.4, -0.2) is 44.9 Å². The number of piperidine rings is 1. The van der Waals surface area contributed by atoms with Crippen LogP contribution < -0.4 is 0 Å². The lowest BCUT2D eigenvalue weighted by Crippen LogP contribution is -2.41. The Labute approximate surface area is 153 Å². The number of aliphatic hydroxyl groups is 1. The minimum atomic E-state index is -0.323. The zero-order chi connectivity index (χ0) is 17.8. The number of aromatic nitrogens is 2. The van der Waals surface area contributed by atoms with Gasteiger partial charge in [-0.15, -0.1) is 0 Å². The molecule has 1 N–H and O–H groups in total. The number of rotatable bonds is 5. The molecule has 134 valence electrons. The van der Waals surface area contributed by atoms with Crippen molar-refractivity contribution in [1.29, 1.82) is 0 Å². The third-order valence-corrected chi connectivity index (χ3v) is 5.21. The van der Waals surface area contributed by atoms with Crippen LogP contribution >= 0.6 is 11.6 Å². The van der Waals surface area contributed by atoms with E-state index in [0.717, 1.165) is 25.7 Å². The van der Waals surface area contributed by atoms with E-state index in [4.69, 9.17) is 11.6 Å². The number of aliphatic hydroxyl groups excluding tert-OH is 1. The van der Waals surface area contributed by atoms with Crippen LogP contribution in [0.3, 0.4) is 0 Å². The highest BCUT2D eigenvalue weighted by molar-refractivity contribution is 6.33. The van der Waals surface area contributed by atoms with Crippen LogP contribution in [0, 0.1) is 5.92 Å². The molecule has 1 aromatic heterocycles. The topological polar surface area (TPSA) is 58.4 Å². The van der Waals surface area contributed by atoms with Gasteiger partial charge in [-0.1, -0.05) is 41.9 Å². The molecule has 1 saturated heterocycles. The minimum Gasteiger partial charge on any atom is -0.393 e. The number of aryl methyl sites for hydroxylation is 2. The van der Waals surface area contributed by atoms with Crippen LogP contribution in [0.5, 0.6) is 0 Å². The Morgan fingerprint density at radius 3 is 2.60 bits per heavy atom. The first-order chi connectivity index (χ1) is 12.0. The second-order valence-corrected chi connectivity index (χ2v) is 7.13. The number of halogens is 1. The maximum Gasteiger partial charge on any atom is 0.275 e. The summed E-state index contributed by atoms with van der Waals surface area (Å²) in [6.07, 6.45) is 4.57. The van der Waals surface area contributed by atoms with Gasteiger partial charge in [0.15, 0.2) is 5.69 Å².